The predicted molar refractivity (Wildman–Crippen MR) is 70.5 cm³/mol. The Bertz CT molecular complexity index is 869. The molecule has 7 heteroatoms. The Morgan fingerprint density at radius 3 is 2.09 bits per heavy atom. The van der Waals surface area contributed by atoms with E-state index in [-0.39, 0.29) is 10.9 Å². The van der Waals surface area contributed by atoms with Crippen molar-refractivity contribution < 1.29 is 26.3 Å². The molecule has 0 aliphatic heterocycles. The van der Waals surface area contributed by atoms with Crippen LogP contribution < -0.4 is 0 Å². The van der Waals surface area contributed by atoms with Crippen LogP contribution in [-0.2, 0) is 12.4 Å². The number of fused-ring (bicyclic) bond motifs is 3. The van der Waals surface area contributed by atoms with Crippen LogP contribution in [0.1, 0.15) is 16.7 Å². The minimum atomic E-state index is -5.08. The van der Waals surface area contributed by atoms with Gasteiger partial charge in [-0.25, -0.2) is 0 Å². The lowest BCUT2D eigenvalue weighted by molar-refractivity contribution is -0.162. The Hall–Kier alpha value is -2.18. The molecule has 22 heavy (non-hydrogen) atoms. The van der Waals surface area contributed by atoms with Gasteiger partial charge < -0.3 is 4.98 Å². The molecule has 2 aromatic carbocycles. The number of aromatic nitrogens is 1. The summed E-state index contributed by atoms with van der Waals surface area (Å²) < 4.78 is 78.6. The SMILES string of the molecule is Cc1c(C(F)(F)F)c(C(F)(F)F)cc2c1[nH]c1ccccc12. The summed E-state index contributed by atoms with van der Waals surface area (Å²) in [5, 5.41) is 0.591. The zero-order valence-corrected chi connectivity index (χ0v) is 11.2. The van der Waals surface area contributed by atoms with Crippen molar-refractivity contribution in [1.29, 1.82) is 0 Å². The van der Waals surface area contributed by atoms with Crippen molar-refractivity contribution in [3.05, 3.63) is 47.0 Å². The van der Waals surface area contributed by atoms with Crippen molar-refractivity contribution >= 4 is 21.8 Å². The van der Waals surface area contributed by atoms with E-state index in [1.54, 1.807) is 24.3 Å². The first-order valence-corrected chi connectivity index (χ1v) is 6.29. The lowest BCUT2D eigenvalue weighted by atomic mass is 9.97. The molecular weight excluding hydrogens is 308 g/mol. The minimum absolute atomic E-state index is 0.0709. The molecule has 3 aromatic rings. The first-order chi connectivity index (χ1) is 10.1. The Morgan fingerprint density at radius 2 is 1.50 bits per heavy atom. The Kier molecular flexibility index (Phi) is 2.95. The van der Waals surface area contributed by atoms with Crippen LogP contribution in [0.3, 0.4) is 0 Å². The number of aryl methyl sites for hydroxylation is 1. The van der Waals surface area contributed by atoms with Crippen molar-refractivity contribution in [1.82, 2.24) is 4.98 Å². The number of rotatable bonds is 0. The van der Waals surface area contributed by atoms with Gasteiger partial charge in [0, 0.05) is 16.3 Å². The fourth-order valence-electron chi connectivity index (χ4n) is 2.74. The number of H-pyrrole nitrogens is 1. The smallest absolute Gasteiger partial charge is 0.354 e. The van der Waals surface area contributed by atoms with E-state index in [2.05, 4.69) is 4.98 Å². The van der Waals surface area contributed by atoms with E-state index >= 15 is 0 Å². The van der Waals surface area contributed by atoms with Gasteiger partial charge in [-0.3, -0.25) is 0 Å². The zero-order chi connectivity index (χ0) is 16.3. The standard InChI is InChI=1S/C15H9F6N/c1-7-12(15(19,20)21)10(14(16,17)18)6-9-8-4-2-3-5-11(8)22-13(7)9/h2-6,22H,1H3. The largest absolute Gasteiger partial charge is 0.417 e. The van der Waals surface area contributed by atoms with Gasteiger partial charge in [0.2, 0.25) is 0 Å². The summed E-state index contributed by atoms with van der Waals surface area (Å²) in [6.07, 6.45) is -10.2. The van der Waals surface area contributed by atoms with E-state index < -0.39 is 29.0 Å². The van der Waals surface area contributed by atoms with Gasteiger partial charge in [0.05, 0.1) is 16.6 Å². The molecule has 0 saturated carbocycles. The topological polar surface area (TPSA) is 15.8 Å². The van der Waals surface area contributed by atoms with Crippen molar-refractivity contribution in [3.8, 4) is 0 Å². The Morgan fingerprint density at radius 1 is 0.864 bits per heavy atom. The van der Waals surface area contributed by atoms with Gasteiger partial charge >= 0.3 is 12.4 Å². The van der Waals surface area contributed by atoms with Gasteiger partial charge in [0.15, 0.2) is 0 Å². The molecule has 0 atom stereocenters. The van der Waals surface area contributed by atoms with Gasteiger partial charge in [-0.2, -0.15) is 26.3 Å². The summed E-state index contributed by atoms with van der Waals surface area (Å²) in [7, 11) is 0. The highest BCUT2D eigenvalue weighted by molar-refractivity contribution is 6.08. The quantitative estimate of drug-likeness (QED) is 0.514. The lowest BCUT2D eigenvalue weighted by Gasteiger charge is -2.18. The first kappa shape index (κ1) is 14.7. The summed E-state index contributed by atoms with van der Waals surface area (Å²) in [6, 6.07) is 7.03. The molecule has 0 amide bonds. The molecule has 0 unspecified atom stereocenters. The number of hydrogen-bond donors (Lipinski definition) is 1. The Labute approximate surface area is 120 Å². The highest BCUT2D eigenvalue weighted by Gasteiger charge is 2.45. The molecule has 1 aromatic heterocycles. The molecule has 0 aliphatic carbocycles. The summed E-state index contributed by atoms with van der Waals surface area (Å²) in [6.45, 7) is 1.05. The normalized spacial score (nSPS) is 13.2. The molecule has 0 saturated heterocycles. The number of para-hydroxylation sites is 1. The van der Waals surface area contributed by atoms with Crippen LogP contribution in [0.25, 0.3) is 21.8 Å². The van der Waals surface area contributed by atoms with Gasteiger partial charge in [0.1, 0.15) is 0 Å². The molecule has 1 N–H and O–H groups in total. The second-order valence-electron chi connectivity index (χ2n) is 5.01. The van der Waals surface area contributed by atoms with Crippen molar-refractivity contribution in [3.63, 3.8) is 0 Å². The number of aromatic amines is 1. The third-order valence-corrected chi connectivity index (χ3v) is 3.64. The fraction of sp³-hybridized carbons (Fsp3) is 0.200. The third-order valence-electron chi connectivity index (χ3n) is 3.64. The maximum absolute atomic E-state index is 13.1. The van der Waals surface area contributed by atoms with Gasteiger partial charge in [-0.1, -0.05) is 18.2 Å². The highest BCUT2D eigenvalue weighted by Crippen LogP contribution is 2.45. The minimum Gasteiger partial charge on any atom is -0.354 e. The second kappa shape index (κ2) is 4.41. The average molecular weight is 317 g/mol. The number of alkyl halides is 6. The third kappa shape index (κ3) is 2.12. The number of benzene rings is 2. The lowest BCUT2D eigenvalue weighted by Crippen LogP contribution is -2.18. The van der Waals surface area contributed by atoms with Crippen LogP contribution in [0, 0.1) is 6.92 Å². The summed E-state index contributed by atoms with van der Waals surface area (Å²) >= 11 is 0. The van der Waals surface area contributed by atoms with Crippen LogP contribution in [0.4, 0.5) is 26.3 Å². The van der Waals surface area contributed by atoms with Crippen LogP contribution in [0.15, 0.2) is 30.3 Å². The number of halogens is 6. The predicted octanol–water partition coefficient (Wildman–Crippen LogP) is 5.67. The maximum atomic E-state index is 13.1. The molecule has 0 spiro atoms. The maximum Gasteiger partial charge on any atom is 0.417 e. The average Bonchev–Trinajstić information content (AvgIpc) is 2.75. The van der Waals surface area contributed by atoms with Crippen molar-refractivity contribution in [2.24, 2.45) is 0 Å². The molecule has 0 aliphatic rings. The molecular formula is C15H9F6N. The van der Waals surface area contributed by atoms with E-state index in [0.717, 1.165) is 6.92 Å². The van der Waals surface area contributed by atoms with Crippen LogP contribution in [0.2, 0.25) is 0 Å². The molecule has 1 heterocycles. The second-order valence-corrected chi connectivity index (χ2v) is 5.01. The van der Waals surface area contributed by atoms with E-state index in [1.807, 2.05) is 0 Å². The number of nitrogens with one attached hydrogen (secondary N) is 1. The molecule has 0 radical (unpaired) electrons. The van der Waals surface area contributed by atoms with E-state index in [9.17, 15) is 26.3 Å². The van der Waals surface area contributed by atoms with E-state index in [0.29, 0.717) is 17.0 Å². The molecule has 1 nitrogen and oxygen atoms in total. The molecule has 0 bridgehead atoms. The van der Waals surface area contributed by atoms with Gasteiger partial charge in [0.25, 0.3) is 0 Å². The van der Waals surface area contributed by atoms with Gasteiger partial charge in [-0.05, 0) is 24.6 Å². The summed E-state index contributed by atoms with van der Waals surface area (Å²) in [5.74, 6) is 0. The van der Waals surface area contributed by atoms with Crippen LogP contribution in [-0.4, -0.2) is 4.98 Å². The zero-order valence-electron chi connectivity index (χ0n) is 11.2. The number of hydrogen-bond acceptors (Lipinski definition) is 0. The van der Waals surface area contributed by atoms with E-state index in [1.165, 1.54) is 0 Å². The van der Waals surface area contributed by atoms with Crippen LogP contribution >= 0.6 is 0 Å². The summed E-state index contributed by atoms with van der Waals surface area (Å²) in [5.41, 5.74) is -3.18. The Balaban J connectivity index is 2.53. The monoisotopic (exact) mass is 317 g/mol. The van der Waals surface area contributed by atoms with E-state index in [4.69, 9.17) is 0 Å². The van der Waals surface area contributed by atoms with Gasteiger partial charge in [-0.15, -0.1) is 0 Å². The van der Waals surface area contributed by atoms with Crippen LogP contribution in [0.5, 0.6) is 0 Å². The molecule has 116 valence electrons. The summed E-state index contributed by atoms with van der Waals surface area (Å²) in [4.78, 5) is 2.77. The fourth-order valence-corrected chi connectivity index (χ4v) is 2.74. The van der Waals surface area contributed by atoms with Crippen molar-refractivity contribution in [2.75, 3.05) is 0 Å². The van der Waals surface area contributed by atoms with Crippen molar-refractivity contribution in [2.45, 2.75) is 19.3 Å². The first-order valence-electron chi connectivity index (χ1n) is 6.29. The molecule has 3 rings (SSSR count). The highest BCUT2D eigenvalue weighted by atomic mass is 19.4. The molecule has 0 fully saturated rings.